The molecule has 0 spiro atoms. The number of hydrogen-bond donors (Lipinski definition) is 2. The van der Waals surface area contributed by atoms with Gasteiger partial charge in [0.2, 0.25) is 5.91 Å². The van der Waals surface area contributed by atoms with Gasteiger partial charge in [-0.05, 0) is 55.3 Å². The smallest absolute Gasteiger partial charge is 0.251 e. The van der Waals surface area contributed by atoms with E-state index in [0.717, 1.165) is 21.3 Å². The monoisotopic (exact) mass is 390 g/mol. The minimum Gasteiger partial charge on any atom is -0.496 e. The van der Waals surface area contributed by atoms with Crippen LogP contribution in [0.5, 0.6) is 5.75 Å². The van der Waals surface area contributed by atoms with E-state index < -0.39 is 0 Å². The second kappa shape index (κ2) is 7.97. The molecule has 0 aromatic heterocycles. The molecule has 2 N–H and O–H groups in total. The number of carbonyl (C=O) groups excluding carboxylic acids is 2. The van der Waals surface area contributed by atoms with Gasteiger partial charge in [-0.3, -0.25) is 9.59 Å². The van der Waals surface area contributed by atoms with Crippen molar-refractivity contribution in [2.45, 2.75) is 13.8 Å². The van der Waals surface area contributed by atoms with Gasteiger partial charge in [-0.15, -0.1) is 0 Å². The van der Waals surface area contributed by atoms with Crippen LogP contribution in [0.4, 0.5) is 5.69 Å². The molecular weight excluding hydrogens is 372 g/mol. The Morgan fingerprint density at radius 2 is 1.83 bits per heavy atom. The van der Waals surface area contributed by atoms with E-state index in [0.29, 0.717) is 11.3 Å². The largest absolute Gasteiger partial charge is 0.496 e. The zero-order chi connectivity index (χ0) is 17.7. The molecule has 2 rings (SSSR count). The molecule has 0 heterocycles. The lowest BCUT2D eigenvalue weighted by Crippen LogP contribution is -2.33. The van der Waals surface area contributed by atoms with Crippen LogP contribution < -0.4 is 15.4 Å². The molecule has 2 amide bonds. The number of halogens is 1. The molecule has 0 fully saturated rings. The summed E-state index contributed by atoms with van der Waals surface area (Å²) in [5.41, 5.74) is 3.05. The first-order valence-corrected chi connectivity index (χ1v) is 8.19. The number of anilines is 1. The van der Waals surface area contributed by atoms with E-state index in [1.165, 1.54) is 0 Å². The lowest BCUT2D eigenvalue weighted by atomic mass is 10.1. The Kier molecular flexibility index (Phi) is 5.98. The summed E-state index contributed by atoms with van der Waals surface area (Å²) in [7, 11) is 1.55. The second-order valence-corrected chi connectivity index (χ2v) is 6.29. The van der Waals surface area contributed by atoms with E-state index in [1.54, 1.807) is 25.3 Å². The molecule has 0 saturated heterocycles. The Morgan fingerprint density at radius 3 is 2.50 bits per heavy atom. The van der Waals surface area contributed by atoms with Crippen LogP contribution in [0.1, 0.15) is 21.5 Å². The van der Waals surface area contributed by atoms with Crippen molar-refractivity contribution in [2.24, 2.45) is 0 Å². The van der Waals surface area contributed by atoms with Gasteiger partial charge in [0.1, 0.15) is 5.75 Å². The van der Waals surface area contributed by atoms with Gasteiger partial charge >= 0.3 is 0 Å². The van der Waals surface area contributed by atoms with Gasteiger partial charge in [0.25, 0.3) is 5.91 Å². The Morgan fingerprint density at radius 1 is 1.08 bits per heavy atom. The molecule has 0 atom stereocenters. The first-order chi connectivity index (χ1) is 11.4. The summed E-state index contributed by atoms with van der Waals surface area (Å²) in [4.78, 5) is 24.1. The first kappa shape index (κ1) is 18.0. The summed E-state index contributed by atoms with van der Waals surface area (Å²) >= 11 is 3.37. The fraction of sp³-hybridized carbons (Fsp3) is 0.222. The molecule has 2 aromatic rings. The van der Waals surface area contributed by atoms with E-state index in [4.69, 9.17) is 4.74 Å². The zero-order valence-electron chi connectivity index (χ0n) is 13.8. The Hall–Kier alpha value is -2.34. The van der Waals surface area contributed by atoms with Crippen LogP contribution in [-0.2, 0) is 4.79 Å². The van der Waals surface area contributed by atoms with Crippen LogP contribution in [0, 0.1) is 13.8 Å². The quantitative estimate of drug-likeness (QED) is 0.821. The SMILES string of the molecule is COc1cc(C(=O)NCC(=O)Nc2ccc(Br)cc2C)ccc1C. The van der Waals surface area contributed by atoms with Crippen molar-refractivity contribution < 1.29 is 14.3 Å². The van der Waals surface area contributed by atoms with E-state index in [2.05, 4.69) is 26.6 Å². The molecule has 24 heavy (non-hydrogen) atoms. The number of ether oxygens (including phenoxy) is 1. The molecule has 0 bridgehead atoms. The van der Waals surface area contributed by atoms with E-state index in [9.17, 15) is 9.59 Å². The molecule has 5 nitrogen and oxygen atoms in total. The van der Waals surface area contributed by atoms with Gasteiger partial charge in [-0.25, -0.2) is 0 Å². The Bertz CT molecular complexity index is 775. The maximum absolute atomic E-state index is 12.1. The van der Waals surface area contributed by atoms with Crippen LogP contribution in [0.2, 0.25) is 0 Å². The van der Waals surface area contributed by atoms with Crippen molar-refractivity contribution in [3.63, 3.8) is 0 Å². The van der Waals surface area contributed by atoms with Crippen LogP contribution in [-0.4, -0.2) is 25.5 Å². The predicted octanol–water partition coefficient (Wildman–Crippen LogP) is 3.44. The third-order valence-electron chi connectivity index (χ3n) is 3.54. The number of carbonyl (C=O) groups is 2. The number of aryl methyl sites for hydroxylation is 2. The maximum atomic E-state index is 12.1. The van der Waals surface area contributed by atoms with Crippen LogP contribution in [0.3, 0.4) is 0 Å². The van der Waals surface area contributed by atoms with Gasteiger partial charge in [0.15, 0.2) is 0 Å². The molecule has 126 valence electrons. The van der Waals surface area contributed by atoms with E-state index in [-0.39, 0.29) is 18.4 Å². The molecule has 6 heteroatoms. The molecule has 0 unspecified atom stereocenters. The topological polar surface area (TPSA) is 67.4 Å². The molecule has 0 radical (unpaired) electrons. The number of hydrogen-bond acceptors (Lipinski definition) is 3. The van der Waals surface area contributed by atoms with Gasteiger partial charge in [0.05, 0.1) is 13.7 Å². The molecular formula is C18H19BrN2O3. The fourth-order valence-electron chi connectivity index (χ4n) is 2.19. The molecule has 0 aliphatic rings. The summed E-state index contributed by atoms with van der Waals surface area (Å²) in [6.07, 6.45) is 0. The van der Waals surface area contributed by atoms with Gasteiger partial charge in [-0.1, -0.05) is 22.0 Å². The van der Waals surface area contributed by atoms with Crippen molar-refractivity contribution >= 4 is 33.4 Å². The second-order valence-electron chi connectivity index (χ2n) is 5.37. The Labute approximate surface area is 149 Å². The van der Waals surface area contributed by atoms with Crippen molar-refractivity contribution in [1.82, 2.24) is 5.32 Å². The molecule has 0 aliphatic heterocycles. The Balaban J connectivity index is 1.95. The highest BCUT2D eigenvalue weighted by atomic mass is 79.9. The highest BCUT2D eigenvalue weighted by Gasteiger charge is 2.11. The van der Waals surface area contributed by atoms with Gasteiger partial charge in [0, 0.05) is 15.7 Å². The van der Waals surface area contributed by atoms with Crippen LogP contribution >= 0.6 is 15.9 Å². The van der Waals surface area contributed by atoms with Gasteiger partial charge < -0.3 is 15.4 Å². The molecule has 0 saturated carbocycles. The van der Waals surface area contributed by atoms with Crippen molar-refractivity contribution in [3.8, 4) is 5.75 Å². The summed E-state index contributed by atoms with van der Waals surface area (Å²) in [5, 5.41) is 5.38. The van der Waals surface area contributed by atoms with E-state index in [1.807, 2.05) is 32.0 Å². The van der Waals surface area contributed by atoms with Crippen LogP contribution in [0.15, 0.2) is 40.9 Å². The minimum atomic E-state index is -0.323. The summed E-state index contributed by atoms with van der Waals surface area (Å²) in [6.45, 7) is 3.69. The van der Waals surface area contributed by atoms with Gasteiger partial charge in [-0.2, -0.15) is 0 Å². The third-order valence-corrected chi connectivity index (χ3v) is 4.04. The molecule has 0 aliphatic carbocycles. The zero-order valence-corrected chi connectivity index (χ0v) is 15.4. The number of rotatable bonds is 5. The highest BCUT2D eigenvalue weighted by molar-refractivity contribution is 9.10. The predicted molar refractivity (Wildman–Crippen MR) is 97.6 cm³/mol. The lowest BCUT2D eigenvalue weighted by molar-refractivity contribution is -0.115. The maximum Gasteiger partial charge on any atom is 0.251 e. The number of amides is 2. The average molecular weight is 391 g/mol. The van der Waals surface area contributed by atoms with Crippen molar-refractivity contribution in [3.05, 3.63) is 57.6 Å². The minimum absolute atomic E-state index is 0.107. The fourth-order valence-corrected chi connectivity index (χ4v) is 2.66. The summed E-state index contributed by atoms with van der Waals surface area (Å²) < 4.78 is 6.14. The standard InChI is InChI=1S/C18H19BrN2O3/c1-11-4-5-13(9-16(11)24-3)18(23)20-10-17(22)21-15-7-6-14(19)8-12(15)2/h4-9H,10H2,1-3H3,(H,20,23)(H,21,22). The molecule has 2 aromatic carbocycles. The average Bonchev–Trinajstić information content (AvgIpc) is 2.55. The summed E-state index contributed by atoms with van der Waals surface area (Å²) in [5.74, 6) is 0.0291. The highest BCUT2D eigenvalue weighted by Crippen LogP contribution is 2.20. The number of methoxy groups -OCH3 is 1. The van der Waals surface area contributed by atoms with E-state index >= 15 is 0 Å². The number of benzene rings is 2. The van der Waals surface area contributed by atoms with Crippen LogP contribution in [0.25, 0.3) is 0 Å². The lowest BCUT2D eigenvalue weighted by Gasteiger charge is -2.10. The third kappa shape index (κ3) is 4.58. The summed E-state index contributed by atoms with van der Waals surface area (Å²) in [6, 6.07) is 10.7. The normalized spacial score (nSPS) is 10.2. The van der Waals surface area contributed by atoms with Crippen molar-refractivity contribution in [2.75, 3.05) is 19.0 Å². The van der Waals surface area contributed by atoms with Crippen molar-refractivity contribution in [1.29, 1.82) is 0 Å². The number of nitrogens with one attached hydrogen (secondary N) is 2. The first-order valence-electron chi connectivity index (χ1n) is 7.39.